The average Bonchev–Trinajstić information content (AvgIpc) is 3.21. The molecule has 4 heterocycles. The highest BCUT2D eigenvalue weighted by Crippen LogP contribution is 2.33. The minimum absolute atomic E-state index is 0.0180. The van der Waals surface area contributed by atoms with Crippen molar-refractivity contribution < 1.29 is 14.4 Å². The lowest BCUT2D eigenvalue weighted by Crippen LogP contribution is -3.09. The van der Waals surface area contributed by atoms with Crippen molar-refractivity contribution in [3.8, 4) is 11.5 Å². The molecule has 146 valence electrons. The minimum atomic E-state index is 0.0180. The van der Waals surface area contributed by atoms with Crippen molar-refractivity contribution in [3.63, 3.8) is 0 Å². The first-order valence-corrected chi connectivity index (χ1v) is 10.8. The number of benzene rings is 1. The van der Waals surface area contributed by atoms with Crippen LogP contribution in [-0.2, 0) is 6.54 Å². The first-order chi connectivity index (χ1) is 13.7. The van der Waals surface area contributed by atoms with Crippen molar-refractivity contribution in [2.75, 3.05) is 19.8 Å². The van der Waals surface area contributed by atoms with E-state index >= 15 is 0 Å². The molecule has 2 atom stereocenters. The lowest BCUT2D eigenvalue weighted by atomic mass is 10.0. The Balaban J connectivity index is 1.42. The van der Waals surface area contributed by atoms with Crippen LogP contribution < -0.4 is 19.9 Å². The Bertz CT molecular complexity index is 1070. The molecule has 0 spiro atoms. The van der Waals surface area contributed by atoms with Crippen LogP contribution in [0.1, 0.15) is 42.3 Å². The lowest BCUT2D eigenvalue weighted by Gasteiger charge is -2.22. The van der Waals surface area contributed by atoms with E-state index in [0.29, 0.717) is 19.3 Å². The van der Waals surface area contributed by atoms with E-state index in [1.807, 2.05) is 18.4 Å². The van der Waals surface area contributed by atoms with Crippen molar-refractivity contribution in [2.45, 2.75) is 38.8 Å². The highest BCUT2D eigenvalue weighted by atomic mass is 32.1. The average molecular weight is 399 g/mol. The van der Waals surface area contributed by atoms with Crippen LogP contribution in [0, 0.1) is 6.92 Å². The number of rotatable bonds is 3. The number of fused-ring (bicyclic) bond motifs is 2. The Morgan fingerprint density at radius 1 is 1.21 bits per heavy atom. The van der Waals surface area contributed by atoms with Crippen molar-refractivity contribution in [3.05, 3.63) is 57.0 Å². The summed E-state index contributed by atoms with van der Waals surface area (Å²) in [5, 5.41) is 1.98. The van der Waals surface area contributed by atoms with E-state index < -0.39 is 0 Å². The number of likely N-dealkylation sites (tertiary alicyclic amines) is 1. The summed E-state index contributed by atoms with van der Waals surface area (Å²) in [5.41, 5.74) is 3.12. The minimum Gasteiger partial charge on any atom is -0.490 e. The van der Waals surface area contributed by atoms with Crippen LogP contribution in [0.25, 0.3) is 4.96 Å². The quantitative estimate of drug-likeness (QED) is 0.735. The largest absolute Gasteiger partial charge is 0.490 e. The fourth-order valence-corrected chi connectivity index (χ4v) is 5.24. The topological polar surface area (TPSA) is 57.3 Å². The number of quaternary nitrogens is 1. The summed E-state index contributed by atoms with van der Waals surface area (Å²) in [5.74, 6) is 1.70. The maximum atomic E-state index is 12.5. The molecule has 0 bridgehead atoms. The van der Waals surface area contributed by atoms with Crippen molar-refractivity contribution >= 4 is 16.3 Å². The number of aromatic nitrogens is 2. The first-order valence-electron chi connectivity index (χ1n) is 9.90. The van der Waals surface area contributed by atoms with Crippen LogP contribution >= 0.6 is 11.3 Å². The monoisotopic (exact) mass is 398 g/mol. The molecule has 3 aromatic rings. The first kappa shape index (κ1) is 17.7. The zero-order valence-electron chi connectivity index (χ0n) is 15.9. The van der Waals surface area contributed by atoms with Crippen LogP contribution in [0.4, 0.5) is 0 Å². The molecular formula is C21H24N3O3S+. The highest BCUT2D eigenvalue weighted by molar-refractivity contribution is 7.15. The Kier molecular flexibility index (Phi) is 4.56. The van der Waals surface area contributed by atoms with Gasteiger partial charge >= 0.3 is 0 Å². The Hall–Kier alpha value is -2.38. The van der Waals surface area contributed by atoms with E-state index in [1.165, 1.54) is 28.2 Å². The zero-order chi connectivity index (χ0) is 19.1. The summed E-state index contributed by atoms with van der Waals surface area (Å²) in [7, 11) is 0. The van der Waals surface area contributed by atoms with Gasteiger partial charge in [-0.1, -0.05) is 0 Å². The van der Waals surface area contributed by atoms with Crippen LogP contribution in [0.5, 0.6) is 11.5 Å². The molecule has 0 radical (unpaired) electrons. The molecule has 2 aliphatic rings. The van der Waals surface area contributed by atoms with Gasteiger partial charge in [0.25, 0.3) is 5.56 Å². The molecule has 1 aromatic carbocycles. The van der Waals surface area contributed by atoms with Gasteiger partial charge in [0.1, 0.15) is 18.3 Å². The van der Waals surface area contributed by atoms with Crippen LogP contribution in [0.15, 0.2) is 34.4 Å². The SMILES string of the molecule is Cc1csc2nc(C[NH+]3CCC[C@@H]3c3ccc4c(c3)OCCCO4)cc(=O)n12. The third kappa shape index (κ3) is 3.18. The zero-order valence-corrected chi connectivity index (χ0v) is 16.8. The van der Waals surface area contributed by atoms with Gasteiger partial charge in [0.05, 0.1) is 19.8 Å². The van der Waals surface area contributed by atoms with E-state index in [2.05, 4.69) is 12.1 Å². The summed E-state index contributed by atoms with van der Waals surface area (Å²) in [6.45, 7) is 5.20. The van der Waals surface area contributed by atoms with Gasteiger partial charge in [-0.15, -0.1) is 11.3 Å². The van der Waals surface area contributed by atoms with Gasteiger partial charge in [0.15, 0.2) is 16.5 Å². The Morgan fingerprint density at radius 2 is 2.07 bits per heavy atom. The molecule has 2 aromatic heterocycles. The number of aryl methyl sites for hydroxylation is 1. The molecule has 7 heteroatoms. The number of hydrogen-bond acceptors (Lipinski definition) is 5. The fourth-order valence-electron chi connectivity index (χ4n) is 4.35. The standard InChI is InChI=1S/C21H23N3O3S/c1-14-13-28-21-22-16(11-20(25)24(14)21)12-23-7-2-4-17(23)15-5-6-18-19(10-15)27-9-3-8-26-18/h5-6,10-11,13,17H,2-4,7-9,12H2,1H3/p+1/t17-/m1/s1. The normalized spacial score (nSPS) is 21.8. The van der Waals surface area contributed by atoms with E-state index in [9.17, 15) is 4.79 Å². The van der Waals surface area contributed by atoms with E-state index in [0.717, 1.165) is 53.8 Å². The summed E-state index contributed by atoms with van der Waals surface area (Å²) in [4.78, 5) is 19.5. The molecule has 0 saturated carbocycles. The summed E-state index contributed by atoms with van der Waals surface area (Å²) in [6.07, 6.45) is 3.22. The number of ether oxygens (including phenoxy) is 2. The van der Waals surface area contributed by atoms with Gasteiger partial charge in [-0.25, -0.2) is 4.98 Å². The highest BCUT2D eigenvalue weighted by Gasteiger charge is 2.31. The third-order valence-corrected chi connectivity index (χ3v) is 6.64. The van der Waals surface area contributed by atoms with Gasteiger partial charge in [0, 0.05) is 42.0 Å². The smallest absolute Gasteiger partial charge is 0.259 e. The predicted octanol–water partition coefficient (Wildman–Crippen LogP) is 2.15. The van der Waals surface area contributed by atoms with Gasteiger partial charge in [-0.2, -0.15) is 0 Å². The van der Waals surface area contributed by atoms with Gasteiger partial charge < -0.3 is 14.4 Å². The Labute approximate surface area is 167 Å². The second-order valence-corrected chi connectivity index (χ2v) is 8.45. The van der Waals surface area contributed by atoms with E-state index in [4.69, 9.17) is 14.5 Å². The third-order valence-electron chi connectivity index (χ3n) is 5.69. The van der Waals surface area contributed by atoms with Crippen LogP contribution in [0.2, 0.25) is 0 Å². The molecule has 1 fully saturated rings. The molecule has 1 unspecified atom stereocenters. The molecule has 28 heavy (non-hydrogen) atoms. The molecule has 0 aliphatic carbocycles. The molecule has 1 saturated heterocycles. The number of hydrogen-bond donors (Lipinski definition) is 1. The second kappa shape index (κ2) is 7.22. The van der Waals surface area contributed by atoms with E-state index in [1.54, 1.807) is 10.5 Å². The fraction of sp³-hybridized carbons (Fsp3) is 0.429. The molecular weight excluding hydrogens is 374 g/mol. The number of nitrogens with zero attached hydrogens (tertiary/aromatic N) is 2. The van der Waals surface area contributed by atoms with Gasteiger partial charge in [-0.3, -0.25) is 9.20 Å². The molecule has 5 rings (SSSR count). The van der Waals surface area contributed by atoms with Crippen LogP contribution in [-0.4, -0.2) is 29.1 Å². The Morgan fingerprint density at radius 3 is 2.96 bits per heavy atom. The van der Waals surface area contributed by atoms with Crippen molar-refractivity contribution in [2.24, 2.45) is 0 Å². The van der Waals surface area contributed by atoms with Gasteiger partial charge in [0.2, 0.25) is 0 Å². The van der Waals surface area contributed by atoms with Crippen LogP contribution in [0.3, 0.4) is 0 Å². The van der Waals surface area contributed by atoms with Gasteiger partial charge in [-0.05, 0) is 25.1 Å². The molecule has 1 N–H and O–H groups in total. The molecule has 2 aliphatic heterocycles. The molecule has 0 amide bonds. The molecule has 6 nitrogen and oxygen atoms in total. The van der Waals surface area contributed by atoms with Crippen molar-refractivity contribution in [1.29, 1.82) is 0 Å². The predicted molar refractivity (Wildman–Crippen MR) is 108 cm³/mol. The maximum absolute atomic E-state index is 12.5. The van der Waals surface area contributed by atoms with E-state index in [-0.39, 0.29) is 5.56 Å². The number of nitrogens with one attached hydrogen (secondary N) is 1. The maximum Gasteiger partial charge on any atom is 0.259 e. The summed E-state index contributed by atoms with van der Waals surface area (Å²) >= 11 is 1.53. The second-order valence-electron chi connectivity index (χ2n) is 7.62. The summed E-state index contributed by atoms with van der Waals surface area (Å²) < 4.78 is 13.3. The van der Waals surface area contributed by atoms with Crippen molar-refractivity contribution in [1.82, 2.24) is 9.38 Å². The summed E-state index contributed by atoms with van der Waals surface area (Å²) in [6, 6.07) is 8.44. The number of thiazole rings is 1. The lowest BCUT2D eigenvalue weighted by molar-refractivity contribution is -0.932.